The first-order chi connectivity index (χ1) is 8.49. The van der Waals surface area contributed by atoms with Crippen LogP contribution < -0.4 is 5.32 Å². The molecule has 0 saturated carbocycles. The fourth-order valence-corrected chi connectivity index (χ4v) is 2.72. The quantitative estimate of drug-likeness (QED) is 0.771. The van der Waals surface area contributed by atoms with E-state index in [0.717, 1.165) is 12.1 Å². The Morgan fingerprint density at radius 1 is 1.44 bits per heavy atom. The van der Waals surface area contributed by atoms with Crippen molar-refractivity contribution in [2.24, 2.45) is 0 Å². The monoisotopic (exact) mass is 379 g/mol. The number of aromatic nitrogens is 2. The van der Waals surface area contributed by atoms with Gasteiger partial charge in [-0.3, -0.25) is 9.48 Å². The van der Waals surface area contributed by atoms with Gasteiger partial charge in [0.15, 0.2) is 0 Å². The van der Waals surface area contributed by atoms with E-state index in [9.17, 15) is 4.79 Å². The molecule has 0 spiro atoms. The SMILES string of the molecule is CCc1cc(C(=O)NC(C)(CBr)CBr)n(CC)n1. The van der Waals surface area contributed by atoms with Gasteiger partial charge in [-0.2, -0.15) is 5.10 Å². The normalized spacial score (nSPS) is 11.6. The van der Waals surface area contributed by atoms with Crippen LogP contribution in [0.3, 0.4) is 0 Å². The molecule has 0 aromatic carbocycles. The Labute approximate surface area is 125 Å². The average Bonchev–Trinajstić information content (AvgIpc) is 2.81. The van der Waals surface area contributed by atoms with E-state index in [2.05, 4.69) is 42.3 Å². The van der Waals surface area contributed by atoms with Crippen LogP contribution in [0.5, 0.6) is 0 Å². The van der Waals surface area contributed by atoms with Crippen LogP contribution in [0.25, 0.3) is 0 Å². The maximum atomic E-state index is 12.3. The Hall–Kier alpha value is -0.360. The minimum absolute atomic E-state index is 0.0783. The summed E-state index contributed by atoms with van der Waals surface area (Å²) in [5, 5.41) is 8.79. The summed E-state index contributed by atoms with van der Waals surface area (Å²) in [7, 11) is 0. The summed E-state index contributed by atoms with van der Waals surface area (Å²) in [6.45, 7) is 6.70. The zero-order valence-corrected chi connectivity index (χ0v) is 14.1. The fourth-order valence-electron chi connectivity index (χ4n) is 1.51. The van der Waals surface area contributed by atoms with Gasteiger partial charge in [-0.1, -0.05) is 38.8 Å². The fraction of sp³-hybridized carbons (Fsp3) is 0.667. The molecule has 0 aliphatic carbocycles. The van der Waals surface area contributed by atoms with Gasteiger partial charge in [-0.25, -0.2) is 0 Å². The molecular weight excluding hydrogens is 362 g/mol. The number of alkyl halides is 2. The summed E-state index contributed by atoms with van der Waals surface area (Å²) < 4.78 is 1.75. The third kappa shape index (κ3) is 3.57. The van der Waals surface area contributed by atoms with Crippen molar-refractivity contribution in [2.45, 2.75) is 39.3 Å². The van der Waals surface area contributed by atoms with Gasteiger partial charge in [-0.05, 0) is 26.3 Å². The first-order valence-electron chi connectivity index (χ1n) is 6.00. The van der Waals surface area contributed by atoms with Crippen molar-refractivity contribution in [3.05, 3.63) is 17.5 Å². The lowest BCUT2D eigenvalue weighted by Gasteiger charge is -2.26. The first-order valence-corrected chi connectivity index (χ1v) is 8.25. The molecule has 1 N–H and O–H groups in total. The van der Waals surface area contributed by atoms with Crippen LogP contribution in [0.2, 0.25) is 0 Å². The maximum absolute atomic E-state index is 12.3. The Bertz CT molecular complexity index is 413. The number of hydrogen-bond donors (Lipinski definition) is 1. The van der Waals surface area contributed by atoms with Gasteiger partial charge in [0.25, 0.3) is 5.91 Å². The smallest absolute Gasteiger partial charge is 0.270 e. The van der Waals surface area contributed by atoms with E-state index >= 15 is 0 Å². The Kier molecular flexibility index (Phi) is 5.85. The molecule has 102 valence electrons. The van der Waals surface area contributed by atoms with Crippen LogP contribution in [0.15, 0.2) is 6.07 Å². The summed E-state index contributed by atoms with van der Waals surface area (Å²) in [6.07, 6.45) is 0.835. The summed E-state index contributed by atoms with van der Waals surface area (Å²) in [6, 6.07) is 1.86. The van der Waals surface area contributed by atoms with Crippen molar-refractivity contribution in [3.8, 4) is 0 Å². The number of aryl methyl sites for hydroxylation is 2. The van der Waals surface area contributed by atoms with E-state index < -0.39 is 0 Å². The molecule has 1 rings (SSSR count). The Balaban J connectivity index is 2.93. The van der Waals surface area contributed by atoms with Crippen molar-refractivity contribution in [2.75, 3.05) is 10.7 Å². The second-order valence-corrected chi connectivity index (χ2v) is 5.59. The molecule has 0 saturated heterocycles. The Morgan fingerprint density at radius 2 is 2.06 bits per heavy atom. The highest BCUT2D eigenvalue weighted by molar-refractivity contribution is 9.09. The second kappa shape index (κ2) is 6.70. The third-order valence-electron chi connectivity index (χ3n) is 2.73. The average molecular weight is 381 g/mol. The standard InChI is InChI=1S/C12H19Br2N3O/c1-4-9-6-10(17(5-2)16-9)11(18)15-12(3,7-13)8-14/h6H,4-5,7-8H2,1-3H3,(H,15,18). The van der Waals surface area contributed by atoms with Crippen LogP contribution >= 0.6 is 31.9 Å². The summed E-state index contributed by atoms with van der Waals surface area (Å²) in [4.78, 5) is 12.3. The van der Waals surface area contributed by atoms with E-state index in [0.29, 0.717) is 22.9 Å². The molecule has 6 heteroatoms. The van der Waals surface area contributed by atoms with E-state index in [1.165, 1.54) is 0 Å². The van der Waals surface area contributed by atoms with Gasteiger partial charge in [0.05, 0.1) is 11.2 Å². The second-order valence-electron chi connectivity index (χ2n) is 4.47. The molecule has 0 unspecified atom stereocenters. The van der Waals surface area contributed by atoms with Crippen LogP contribution in [0.1, 0.15) is 37.0 Å². The van der Waals surface area contributed by atoms with Gasteiger partial charge in [0.2, 0.25) is 0 Å². The molecule has 0 bridgehead atoms. The molecule has 1 aromatic rings. The zero-order valence-electron chi connectivity index (χ0n) is 11.0. The highest BCUT2D eigenvalue weighted by Gasteiger charge is 2.26. The van der Waals surface area contributed by atoms with Crippen LogP contribution in [0, 0.1) is 0 Å². The predicted molar refractivity (Wildman–Crippen MR) is 80.7 cm³/mol. The minimum Gasteiger partial charge on any atom is -0.344 e. The first kappa shape index (κ1) is 15.7. The molecule has 1 amide bonds. The predicted octanol–water partition coefficient (Wildman–Crippen LogP) is 2.74. The number of nitrogens with zero attached hydrogens (tertiary/aromatic N) is 2. The number of carbonyl (C=O) groups excluding carboxylic acids is 1. The maximum Gasteiger partial charge on any atom is 0.270 e. The molecule has 0 aliphatic rings. The molecule has 18 heavy (non-hydrogen) atoms. The van der Waals surface area contributed by atoms with Crippen molar-refractivity contribution in [1.29, 1.82) is 0 Å². The topological polar surface area (TPSA) is 46.9 Å². The van der Waals surface area contributed by atoms with E-state index in [-0.39, 0.29) is 11.4 Å². The number of nitrogens with one attached hydrogen (secondary N) is 1. The summed E-state index contributed by atoms with van der Waals surface area (Å²) >= 11 is 6.84. The van der Waals surface area contributed by atoms with E-state index in [4.69, 9.17) is 0 Å². The summed E-state index contributed by atoms with van der Waals surface area (Å²) in [5.74, 6) is -0.0783. The van der Waals surface area contributed by atoms with Crippen molar-refractivity contribution < 1.29 is 4.79 Å². The van der Waals surface area contributed by atoms with Gasteiger partial charge >= 0.3 is 0 Å². The molecule has 0 fully saturated rings. The number of rotatable bonds is 6. The molecule has 0 radical (unpaired) electrons. The van der Waals surface area contributed by atoms with Gasteiger partial charge < -0.3 is 5.32 Å². The van der Waals surface area contributed by atoms with Gasteiger partial charge in [0.1, 0.15) is 5.69 Å². The van der Waals surface area contributed by atoms with Crippen LogP contribution in [0.4, 0.5) is 0 Å². The van der Waals surface area contributed by atoms with E-state index in [1.54, 1.807) is 4.68 Å². The molecule has 1 aromatic heterocycles. The van der Waals surface area contributed by atoms with Gasteiger partial charge in [0, 0.05) is 17.2 Å². The highest BCUT2D eigenvalue weighted by atomic mass is 79.9. The highest BCUT2D eigenvalue weighted by Crippen LogP contribution is 2.14. The molecule has 4 nitrogen and oxygen atoms in total. The lowest BCUT2D eigenvalue weighted by Crippen LogP contribution is -2.49. The van der Waals surface area contributed by atoms with Crippen molar-refractivity contribution >= 4 is 37.8 Å². The lowest BCUT2D eigenvalue weighted by atomic mass is 10.1. The molecule has 0 atom stereocenters. The largest absolute Gasteiger partial charge is 0.344 e. The minimum atomic E-state index is -0.299. The number of hydrogen-bond acceptors (Lipinski definition) is 2. The number of amides is 1. The van der Waals surface area contributed by atoms with Crippen molar-refractivity contribution in [3.63, 3.8) is 0 Å². The molecule has 1 heterocycles. The Morgan fingerprint density at radius 3 is 2.50 bits per heavy atom. The number of halogens is 2. The van der Waals surface area contributed by atoms with Gasteiger partial charge in [-0.15, -0.1) is 0 Å². The zero-order chi connectivity index (χ0) is 13.8. The summed E-state index contributed by atoms with van der Waals surface area (Å²) in [5.41, 5.74) is 1.27. The van der Waals surface area contributed by atoms with E-state index in [1.807, 2.05) is 26.8 Å². The van der Waals surface area contributed by atoms with Crippen molar-refractivity contribution in [1.82, 2.24) is 15.1 Å². The third-order valence-corrected chi connectivity index (χ3v) is 5.21. The van der Waals surface area contributed by atoms with Crippen LogP contribution in [-0.4, -0.2) is 31.9 Å². The lowest BCUT2D eigenvalue weighted by molar-refractivity contribution is 0.0912. The number of carbonyl (C=O) groups is 1. The molecule has 0 aliphatic heterocycles. The molecular formula is C12H19Br2N3O. The van der Waals surface area contributed by atoms with Crippen LogP contribution in [-0.2, 0) is 13.0 Å².